The van der Waals surface area contributed by atoms with Crippen molar-refractivity contribution in [2.75, 3.05) is 26.4 Å². The molecule has 7 nitrogen and oxygen atoms in total. The Hall–Kier alpha value is -1.89. The molecular formula is C20H27F5N6O. The normalized spacial score (nSPS) is 22.2. The van der Waals surface area contributed by atoms with E-state index in [0.717, 1.165) is 26.7 Å². The number of aromatic nitrogens is 3. The molecule has 0 radical (unpaired) electrons. The van der Waals surface area contributed by atoms with Crippen molar-refractivity contribution in [2.45, 2.75) is 56.5 Å². The summed E-state index contributed by atoms with van der Waals surface area (Å²) >= 11 is 0. The third-order valence-corrected chi connectivity index (χ3v) is 5.94. The third-order valence-electron chi connectivity index (χ3n) is 5.94. The number of rotatable bonds is 7. The molecule has 2 atom stereocenters. The number of alkyl halides is 5. The molecule has 1 saturated heterocycles. The Balaban J connectivity index is 1.52. The monoisotopic (exact) mass is 462 g/mol. The molecule has 1 aliphatic heterocycles. The van der Waals surface area contributed by atoms with Crippen LogP contribution in [-0.2, 0) is 4.74 Å². The van der Waals surface area contributed by atoms with Crippen molar-refractivity contribution < 1.29 is 26.7 Å². The molecule has 2 aromatic heterocycles. The number of fused-ring (bicyclic) bond motifs is 1. The van der Waals surface area contributed by atoms with Gasteiger partial charge in [0.15, 0.2) is 11.2 Å². The number of hydrogen-bond acceptors (Lipinski definition) is 6. The van der Waals surface area contributed by atoms with E-state index in [1.807, 2.05) is 0 Å². The fraction of sp³-hybridized carbons (Fsp3) is 0.700. The van der Waals surface area contributed by atoms with Gasteiger partial charge in [-0.1, -0.05) is 0 Å². The second-order valence-corrected chi connectivity index (χ2v) is 9.12. The summed E-state index contributed by atoms with van der Waals surface area (Å²) in [5.74, 6) is -2.32. The molecule has 12 heteroatoms. The Morgan fingerprint density at radius 2 is 1.97 bits per heavy atom. The SMILES string of the molecule is CC(C)(OC[C@H](N)c1nc2nc([C@@H](C3CC3)N3CNCC(F)(F)C3)ccc2[nH]1)C(F)(F)F. The van der Waals surface area contributed by atoms with Crippen molar-refractivity contribution >= 4 is 11.2 Å². The van der Waals surface area contributed by atoms with Gasteiger partial charge in [-0.3, -0.25) is 10.2 Å². The zero-order chi connectivity index (χ0) is 23.3. The number of aromatic amines is 1. The predicted octanol–water partition coefficient (Wildman–Crippen LogP) is 3.26. The van der Waals surface area contributed by atoms with E-state index in [4.69, 9.17) is 10.5 Å². The molecule has 2 aromatic rings. The van der Waals surface area contributed by atoms with Crippen molar-refractivity contribution in [3.63, 3.8) is 0 Å². The van der Waals surface area contributed by atoms with E-state index >= 15 is 0 Å². The van der Waals surface area contributed by atoms with Gasteiger partial charge in [-0.2, -0.15) is 13.2 Å². The number of nitrogens with zero attached hydrogens (tertiary/aromatic N) is 3. The lowest BCUT2D eigenvalue weighted by atomic mass is 10.0. The van der Waals surface area contributed by atoms with Crippen LogP contribution in [0.3, 0.4) is 0 Å². The number of imidazole rings is 1. The maximum atomic E-state index is 14.0. The van der Waals surface area contributed by atoms with Gasteiger partial charge in [0.05, 0.1) is 43.0 Å². The smallest absolute Gasteiger partial charge is 0.364 e. The summed E-state index contributed by atoms with van der Waals surface area (Å²) in [6, 6.07) is 2.34. The summed E-state index contributed by atoms with van der Waals surface area (Å²) in [5, 5.41) is 2.77. The second kappa shape index (κ2) is 8.15. The summed E-state index contributed by atoms with van der Waals surface area (Å²) in [5.41, 5.74) is 5.19. The Bertz CT molecular complexity index is 958. The van der Waals surface area contributed by atoms with Gasteiger partial charge in [0, 0.05) is 6.67 Å². The zero-order valence-electron chi connectivity index (χ0n) is 17.8. The van der Waals surface area contributed by atoms with Crippen LogP contribution in [0.5, 0.6) is 0 Å². The fourth-order valence-corrected chi connectivity index (χ4v) is 3.85. The van der Waals surface area contributed by atoms with Crippen LogP contribution in [0, 0.1) is 5.92 Å². The van der Waals surface area contributed by atoms with Crippen LogP contribution in [0.15, 0.2) is 12.1 Å². The summed E-state index contributed by atoms with van der Waals surface area (Å²) in [4.78, 5) is 13.6. The number of hydrogen-bond donors (Lipinski definition) is 3. The standard InChI is InChI=1S/C20H27F5N6O/c1-18(2,20(23,24)25)32-7-12(26)16-29-14-6-5-13(28-17(14)30-16)15(11-3-4-11)31-9-19(21,22)8-27-10-31/h5-6,11-12,15,27H,3-4,7-10,26H2,1-2H3,(H,28,29,30)/t12-,15+/m0/s1. The van der Waals surface area contributed by atoms with E-state index in [1.165, 1.54) is 0 Å². The fourth-order valence-electron chi connectivity index (χ4n) is 3.85. The quantitative estimate of drug-likeness (QED) is 0.547. The highest BCUT2D eigenvalue weighted by atomic mass is 19.4. The van der Waals surface area contributed by atoms with Gasteiger partial charge >= 0.3 is 6.18 Å². The van der Waals surface area contributed by atoms with E-state index in [1.54, 1.807) is 17.0 Å². The maximum absolute atomic E-state index is 14.0. The molecule has 0 unspecified atom stereocenters. The number of nitrogens with two attached hydrogens (primary N) is 1. The van der Waals surface area contributed by atoms with Crippen LogP contribution in [0.1, 0.15) is 50.3 Å². The number of nitrogens with one attached hydrogen (secondary N) is 2. The zero-order valence-corrected chi connectivity index (χ0v) is 17.8. The van der Waals surface area contributed by atoms with Crippen LogP contribution >= 0.6 is 0 Å². The largest absolute Gasteiger partial charge is 0.416 e. The van der Waals surface area contributed by atoms with Crippen molar-refractivity contribution in [1.29, 1.82) is 0 Å². The molecule has 0 spiro atoms. The molecule has 32 heavy (non-hydrogen) atoms. The highest BCUT2D eigenvalue weighted by Gasteiger charge is 2.49. The Kier molecular flexibility index (Phi) is 5.93. The Morgan fingerprint density at radius 3 is 2.59 bits per heavy atom. The topological polar surface area (TPSA) is 92.1 Å². The van der Waals surface area contributed by atoms with Gasteiger partial charge in [0.1, 0.15) is 5.82 Å². The summed E-state index contributed by atoms with van der Waals surface area (Å²) in [7, 11) is 0. The molecule has 178 valence electrons. The van der Waals surface area contributed by atoms with E-state index in [0.29, 0.717) is 23.5 Å². The molecule has 0 amide bonds. The third kappa shape index (κ3) is 4.87. The highest BCUT2D eigenvalue weighted by Crippen LogP contribution is 2.45. The van der Waals surface area contributed by atoms with Crippen molar-refractivity contribution in [1.82, 2.24) is 25.2 Å². The van der Waals surface area contributed by atoms with Gasteiger partial charge in [-0.25, -0.2) is 18.7 Å². The summed E-state index contributed by atoms with van der Waals surface area (Å²) in [6.07, 6.45) is -2.65. The first-order chi connectivity index (χ1) is 14.9. The predicted molar refractivity (Wildman–Crippen MR) is 107 cm³/mol. The van der Waals surface area contributed by atoms with Crippen molar-refractivity contribution in [2.24, 2.45) is 11.7 Å². The summed E-state index contributed by atoms with van der Waals surface area (Å²) < 4.78 is 71.9. The number of pyridine rings is 1. The first kappa shape index (κ1) is 23.3. The first-order valence-corrected chi connectivity index (χ1v) is 10.5. The van der Waals surface area contributed by atoms with Crippen LogP contribution < -0.4 is 11.1 Å². The van der Waals surface area contributed by atoms with E-state index in [-0.39, 0.29) is 30.9 Å². The van der Waals surface area contributed by atoms with Crippen LogP contribution in [0.2, 0.25) is 0 Å². The minimum atomic E-state index is -4.53. The molecule has 0 aromatic carbocycles. The minimum Gasteiger partial charge on any atom is -0.364 e. The molecule has 4 rings (SSSR count). The lowest BCUT2D eigenvalue weighted by Gasteiger charge is -2.38. The lowest BCUT2D eigenvalue weighted by Crippen LogP contribution is -2.55. The van der Waals surface area contributed by atoms with Gasteiger partial charge in [-0.15, -0.1) is 0 Å². The van der Waals surface area contributed by atoms with Gasteiger partial charge in [-0.05, 0) is 44.7 Å². The minimum absolute atomic E-state index is 0.245. The Labute approximate surface area is 181 Å². The van der Waals surface area contributed by atoms with Crippen LogP contribution in [-0.4, -0.2) is 63.9 Å². The second-order valence-electron chi connectivity index (χ2n) is 9.12. The highest BCUT2D eigenvalue weighted by molar-refractivity contribution is 5.70. The van der Waals surface area contributed by atoms with Crippen molar-refractivity contribution in [3.05, 3.63) is 23.7 Å². The molecule has 1 saturated carbocycles. The van der Waals surface area contributed by atoms with Gasteiger partial charge < -0.3 is 15.5 Å². The molecular weight excluding hydrogens is 435 g/mol. The van der Waals surface area contributed by atoms with Crippen LogP contribution in [0.4, 0.5) is 22.0 Å². The van der Waals surface area contributed by atoms with Crippen LogP contribution in [0.25, 0.3) is 11.2 Å². The molecule has 2 fully saturated rings. The number of halogens is 5. The average Bonchev–Trinajstić information content (AvgIpc) is 3.41. The average molecular weight is 462 g/mol. The van der Waals surface area contributed by atoms with E-state index in [2.05, 4.69) is 20.3 Å². The molecule has 3 heterocycles. The molecule has 4 N–H and O–H groups in total. The lowest BCUT2D eigenvalue weighted by molar-refractivity contribution is -0.264. The number of H-pyrrole nitrogens is 1. The van der Waals surface area contributed by atoms with Gasteiger partial charge in [0.25, 0.3) is 5.92 Å². The van der Waals surface area contributed by atoms with E-state index < -0.39 is 30.3 Å². The summed E-state index contributed by atoms with van der Waals surface area (Å²) in [6.45, 7) is 1.13. The van der Waals surface area contributed by atoms with Crippen molar-refractivity contribution in [3.8, 4) is 0 Å². The molecule has 0 bridgehead atoms. The molecule has 2 aliphatic rings. The van der Waals surface area contributed by atoms with E-state index in [9.17, 15) is 22.0 Å². The molecule has 1 aliphatic carbocycles. The maximum Gasteiger partial charge on any atom is 0.416 e. The Morgan fingerprint density at radius 1 is 1.25 bits per heavy atom. The first-order valence-electron chi connectivity index (χ1n) is 10.5. The number of ether oxygens (including phenoxy) is 1. The van der Waals surface area contributed by atoms with Gasteiger partial charge in [0.2, 0.25) is 0 Å².